The highest BCUT2D eigenvalue weighted by atomic mass is 32.2. The van der Waals surface area contributed by atoms with Crippen molar-refractivity contribution in [2.45, 2.75) is 0 Å². The van der Waals surface area contributed by atoms with Crippen LogP contribution in [-0.4, -0.2) is 40.8 Å². The van der Waals surface area contributed by atoms with Crippen molar-refractivity contribution in [3.8, 4) is 0 Å². The summed E-state index contributed by atoms with van der Waals surface area (Å²) in [5.41, 5.74) is 1.83. The predicted molar refractivity (Wildman–Crippen MR) is 98.1 cm³/mol. The van der Waals surface area contributed by atoms with Gasteiger partial charge in [-0.3, -0.25) is 9.69 Å². The molecule has 1 aromatic carbocycles. The minimum Gasteiger partial charge on any atom is -0.383 e. The van der Waals surface area contributed by atoms with Crippen LogP contribution < -0.4 is 0 Å². The third-order valence-corrected chi connectivity index (χ3v) is 4.55. The van der Waals surface area contributed by atoms with E-state index in [9.17, 15) is 4.79 Å². The van der Waals surface area contributed by atoms with E-state index in [0.29, 0.717) is 23.2 Å². The van der Waals surface area contributed by atoms with Gasteiger partial charge in [-0.15, -0.1) is 0 Å². The van der Waals surface area contributed by atoms with E-state index in [1.165, 1.54) is 11.8 Å². The number of benzene rings is 1. The summed E-state index contributed by atoms with van der Waals surface area (Å²) in [6.45, 7) is 0.957. The average molecular weight is 341 g/mol. The van der Waals surface area contributed by atoms with E-state index in [2.05, 4.69) is 4.99 Å². The van der Waals surface area contributed by atoms with E-state index in [1.807, 2.05) is 66.5 Å². The number of aryl methyl sites for hydroxylation is 1. The summed E-state index contributed by atoms with van der Waals surface area (Å²) in [4.78, 5) is 19.7. The van der Waals surface area contributed by atoms with Gasteiger partial charge in [0, 0.05) is 26.6 Å². The fourth-order valence-electron chi connectivity index (χ4n) is 2.35. The molecule has 0 N–H and O–H groups in total. The highest BCUT2D eigenvalue weighted by Gasteiger charge is 2.33. The average Bonchev–Trinajstić information content (AvgIpc) is 3.11. The number of aliphatic imine (C=N–C) groups is 1. The molecule has 5 nitrogen and oxygen atoms in total. The summed E-state index contributed by atoms with van der Waals surface area (Å²) in [5, 5.41) is 0.686. The second kappa shape index (κ2) is 7.51. The molecule has 2 aromatic rings. The smallest absolute Gasteiger partial charge is 0.266 e. The number of amides is 1. The Labute approximate surface area is 145 Å². The Hall–Kier alpha value is -2.31. The first-order chi connectivity index (χ1) is 11.7. The van der Waals surface area contributed by atoms with Gasteiger partial charge in [0.15, 0.2) is 5.17 Å². The minimum atomic E-state index is -0.0319. The molecule has 0 unspecified atom stereocenters. The molecule has 6 heteroatoms. The fraction of sp³-hybridized carbons (Fsp3) is 0.222. The van der Waals surface area contributed by atoms with Crippen molar-refractivity contribution >= 4 is 34.6 Å². The zero-order valence-electron chi connectivity index (χ0n) is 13.7. The molecule has 0 bridgehead atoms. The lowest BCUT2D eigenvalue weighted by molar-refractivity contribution is -0.122. The topological polar surface area (TPSA) is 46.8 Å². The molecule has 1 aromatic heterocycles. The van der Waals surface area contributed by atoms with Gasteiger partial charge in [0.25, 0.3) is 5.91 Å². The zero-order chi connectivity index (χ0) is 16.9. The number of nitrogens with zero attached hydrogens (tertiary/aromatic N) is 3. The lowest BCUT2D eigenvalue weighted by Crippen LogP contribution is -2.32. The molecule has 1 saturated heterocycles. The number of ether oxygens (including phenoxy) is 1. The van der Waals surface area contributed by atoms with Crippen LogP contribution in [-0.2, 0) is 16.6 Å². The Morgan fingerprint density at radius 1 is 1.25 bits per heavy atom. The number of carbonyl (C=O) groups excluding carboxylic acids is 1. The van der Waals surface area contributed by atoms with Gasteiger partial charge in [-0.2, -0.15) is 0 Å². The molecule has 24 heavy (non-hydrogen) atoms. The quantitative estimate of drug-likeness (QED) is 0.784. The van der Waals surface area contributed by atoms with Gasteiger partial charge >= 0.3 is 0 Å². The summed E-state index contributed by atoms with van der Waals surface area (Å²) in [5.74, 6) is -0.0319. The van der Waals surface area contributed by atoms with Crippen molar-refractivity contribution in [3.05, 3.63) is 59.3 Å². The van der Waals surface area contributed by atoms with E-state index in [0.717, 1.165) is 11.3 Å². The Morgan fingerprint density at radius 2 is 2.04 bits per heavy atom. The Morgan fingerprint density at radius 3 is 2.71 bits per heavy atom. The molecule has 124 valence electrons. The summed E-state index contributed by atoms with van der Waals surface area (Å²) in [6.07, 6.45) is 5.84. The standard InChI is InChI=1S/C18H19N3O2S/c1-20-9-8-14(13-20)12-16-17(22)21(10-11-23-2)18(24-16)19-15-6-4-3-5-7-15/h3-9,12-13H,10-11H2,1-2H3/b16-12+,19-18?. The molecule has 2 heterocycles. The number of hydrogen-bond donors (Lipinski definition) is 0. The van der Waals surface area contributed by atoms with Gasteiger partial charge in [-0.05, 0) is 41.6 Å². The van der Waals surface area contributed by atoms with Gasteiger partial charge in [-0.1, -0.05) is 18.2 Å². The van der Waals surface area contributed by atoms with Crippen LogP contribution in [0.5, 0.6) is 0 Å². The summed E-state index contributed by atoms with van der Waals surface area (Å²) in [7, 11) is 3.58. The van der Waals surface area contributed by atoms with E-state index in [-0.39, 0.29) is 5.91 Å². The molecule has 0 aliphatic carbocycles. The Bertz CT molecular complexity index is 781. The van der Waals surface area contributed by atoms with Gasteiger partial charge in [0.1, 0.15) is 0 Å². The predicted octanol–water partition coefficient (Wildman–Crippen LogP) is 3.28. The summed E-state index contributed by atoms with van der Waals surface area (Å²) >= 11 is 1.40. The lowest BCUT2D eigenvalue weighted by Gasteiger charge is -2.14. The molecule has 1 fully saturated rings. The van der Waals surface area contributed by atoms with Crippen LogP contribution in [0.4, 0.5) is 5.69 Å². The minimum absolute atomic E-state index is 0.0319. The third kappa shape index (κ3) is 3.77. The molecule has 1 aliphatic rings. The van der Waals surface area contributed by atoms with E-state index in [4.69, 9.17) is 4.74 Å². The maximum atomic E-state index is 12.7. The molecule has 0 saturated carbocycles. The number of hydrogen-bond acceptors (Lipinski definition) is 4. The molecule has 0 radical (unpaired) electrons. The molecule has 1 aliphatic heterocycles. The first kappa shape index (κ1) is 16.5. The molecular weight excluding hydrogens is 322 g/mol. The zero-order valence-corrected chi connectivity index (χ0v) is 14.5. The number of para-hydroxylation sites is 1. The maximum absolute atomic E-state index is 12.7. The lowest BCUT2D eigenvalue weighted by atomic mass is 10.3. The van der Waals surface area contributed by atoms with Crippen LogP contribution in [0.25, 0.3) is 6.08 Å². The molecule has 0 atom stereocenters. The second-order valence-electron chi connectivity index (χ2n) is 5.40. The molecular formula is C18H19N3O2S. The largest absolute Gasteiger partial charge is 0.383 e. The van der Waals surface area contributed by atoms with E-state index in [1.54, 1.807) is 12.0 Å². The Kier molecular flexibility index (Phi) is 5.17. The van der Waals surface area contributed by atoms with E-state index >= 15 is 0 Å². The highest BCUT2D eigenvalue weighted by Crippen LogP contribution is 2.33. The monoisotopic (exact) mass is 341 g/mol. The number of aromatic nitrogens is 1. The van der Waals surface area contributed by atoms with Crippen LogP contribution in [0.2, 0.25) is 0 Å². The SMILES string of the molecule is COCCN1C(=O)/C(=C\c2ccn(C)c2)SC1=Nc1ccccc1. The summed E-state index contributed by atoms with van der Waals surface area (Å²) < 4.78 is 7.08. The van der Waals surface area contributed by atoms with Gasteiger partial charge in [0.05, 0.1) is 23.7 Å². The number of carbonyl (C=O) groups is 1. The molecule has 0 spiro atoms. The van der Waals surface area contributed by atoms with Crippen LogP contribution in [0.1, 0.15) is 5.56 Å². The molecule has 1 amide bonds. The Balaban J connectivity index is 1.90. The van der Waals surface area contributed by atoms with E-state index < -0.39 is 0 Å². The van der Waals surface area contributed by atoms with Crippen molar-refractivity contribution in [2.75, 3.05) is 20.3 Å². The van der Waals surface area contributed by atoms with Gasteiger partial charge in [0.2, 0.25) is 0 Å². The van der Waals surface area contributed by atoms with Crippen LogP contribution in [0.15, 0.2) is 58.7 Å². The van der Waals surface area contributed by atoms with Crippen molar-refractivity contribution in [1.29, 1.82) is 0 Å². The summed E-state index contributed by atoms with van der Waals surface area (Å²) in [6, 6.07) is 11.6. The first-order valence-electron chi connectivity index (χ1n) is 7.63. The second-order valence-corrected chi connectivity index (χ2v) is 6.41. The van der Waals surface area contributed by atoms with Gasteiger partial charge in [-0.25, -0.2) is 4.99 Å². The number of thioether (sulfide) groups is 1. The van der Waals surface area contributed by atoms with Gasteiger partial charge < -0.3 is 9.30 Å². The number of rotatable bonds is 5. The highest BCUT2D eigenvalue weighted by molar-refractivity contribution is 8.18. The number of methoxy groups -OCH3 is 1. The number of amidine groups is 1. The van der Waals surface area contributed by atoms with Crippen LogP contribution in [0, 0.1) is 0 Å². The van der Waals surface area contributed by atoms with Crippen molar-refractivity contribution in [1.82, 2.24) is 9.47 Å². The fourth-order valence-corrected chi connectivity index (χ4v) is 3.37. The van der Waals surface area contributed by atoms with Crippen LogP contribution >= 0.6 is 11.8 Å². The maximum Gasteiger partial charge on any atom is 0.266 e. The third-order valence-electron chi connectivity index (χ3n) is 3.54. The first-order valence-corrected chi connectivity index (χ1v) is 8.45. The van der Waals surface area contributed by atoms with Crippen molar-refractivity contribution in [3.63, 3.8) is 0 Å². The van der Waals surface area contributed by atoms with Crippen molar-refractivity contribution in [2.24, 2.45) is 12.0 Å². The molecule has 3 rings (SSSR count). The van der Waals surface area contributed by atoms with Crippen molar-refractivity contribution < 1.29 is 9.53 Å². The van der Waals surface area contributed by atoms with Crippen LogP contribution in [0.3, 0.4) is 0 Å². The normalized spacial score (nSPS) is 18.1.